The van der Waals surface area contributed by atoms with Crippen molar-refractivity contribution in [2.24, 2.45) is 0 Å². The molecule has 0 atom stereocenters. The first kappa shape index (κ1) is 14.7. The minimum atomic E-state index is -0.472. The molecule has 0 heterocycles. The number of halogens is 2. The number of hydrogen-bond acceptors (Lipinski definition) is 1. The van der Waals surface area contributed by atoms with Gasteiger partial charge in [-0.25, -0.2) is 0 Å². The molecule has 72 valence electrons. The zero-order valence-electron chi connectivity index (χ0n) is 6.26. The van der Waals surface area contributed by atoms with Crippen molar-refractivity contribution in [2.75, 3.05) is 33.4 Å². The first-order valence-corrected chi connectivity index (χ1v) is 8.55. The van der Waals surface area contributed by atoms with Crippen LogP contribution in [0.25, 0.3) is 11.1 Å². The second-order valence-electron chi connectivity index (χ2n) is 1.46. The van der Waals surface area contributed by atoms with Crippen LogP contribution >= 0.6 is 18.8 Å². The molecule has 0 spiro atoms. The summed E-state index contributed by atoms with van der Waals surface area (Å²) in [4.78, 5) is 0. The Balaban J connectivity index is 0. The second-order valence-corrected chi connectivity index (χ2v) is 4.74. The third-order valence-electron chi connectivity index (χ3n) is 0.723. The van der Waals surface area contributed by atoms with Gasteiger partial charge in [0.25, 0.3) is 0 Å². The summed E-state index contributed by atoms with van der Waals surface area (Å²) in [5.74, 6) is 0. The fourth-order valence-electron chi connectivity index (χ4n) is 0.347. The zero-order valence-corrected chi connectivity index (χ0v) is 10.0. The summed E-state index contributed by atoms with van der Waals surface area (Å²) in [6, 6.07) is 0. The van der Waals surface area contributed by atoms with E-state index in [0.29, 0.717) is 19.7 Å². The number of ether oxygens (including phenoxy) is 1. The third-order valence-corrected chi connectivity index (χ3v) is 0.723. The van der Waals surface area contributed by atoms with Crippen LogP contribution in [0.5, 0.6) is 0 Å². The summed E-state index contributed by atoms with van der Waals surface area (Å²) in [6.07, 6.45) is 0. The SMILES string of the molecule is COCC[N-]CC[NH-].[Cl][Pt+2][Cl]. The summed E-state index contributed by atoms with van der Waals surface area (Å²) in [6.45, 7) is 2.45. The Labute approximate surface area is 84.3 Å². The van der Waals surface area contributed by atoms with Gasteiger partial charge in [-0.1, -0.05) is 0 Å². The molecule has 0 aliphatic heterocycles. The van der Waals surface area contributed by atoms with E-state index < -0.39 is 16.5 Å². The molecule has 0 rings (SSSR count). The van der Waals surface area contributed by atoms with Gasteiger partial charge in [-0.2, -0.15) is 13.1 Å². The molecule has 6 heteroatoms. The van der Waals surface area contributed by atoms with Crippen molar-refractivity contribution in [1.29, 1.82) is 0 Å². The van der Waals surface area contributed by atoms with E-state index in [1.54, 1.807) is 7.11 Å². The van der Waals surface area contributed by atoms with E-state index in [9.17, 15) is 0 Å². The number of methoxy groups -OCH3 is 1. The summed E-state index contributed by atoms with van der Waals surface area (Å²) < 4.78 is 4.73. The molecule has 0 aliphatic rings. The van der Waals surface area contributed by atoms with Crippen LogP contribution in [0, 0.1) is 0 Å². The van der Waals surface area contributed by atoms with E-state index in [1.165, 1.54) is 0 Å². The molecule has 0 bridgehead atoms. The van der Waals surface area contributed by atoms with E-state index in [4.69, 9.17) is 29.3 Å². The van der Waals surface area contributed by atoms with Crippen LogP contribution in [-0.2, 0) is 21.2 Å². The molecule has 11 heavy (non-hydrogen) atoms. The molecule has 0 aromatic carbocycles. The van der Waals surface area contributed by atoms with E-state index in [1.807, 2.05) is 0 Å². The summed E-state index contributed by atoms with van der Waals surface area (Å²) >= 11 is -0.472. The van der Waals surface area contributed by atoms with Crippen LogP contribution < -0.4 is 0 Å². The molecule has 0 amide bonds. The Morgan fingerprint density at radius 2 is 2.00 bits per heavy atom. The van der Waals surface area contributed by atoms with Gasteiger partial charge in [0, 0.05) is 13.7 Å². The van der Waals surface area contributed by atoms with Gasteiger partial charge >= 0.3 is 35.3 Å². The Morgan fingerprint density at radius 3 is 2.36 bits per heavy atom. The van der Waals surface area contributed by atoms with Crippen molar-refractivity contribution in [1.82, 2.24) is 0 Å². The van der Waals surface area contributed by atoms with Gasteiger partial charge in [0.05, 0.1) is 0 Å². The monoisotopic (exact) mass is 381 g/mol. The summed E-state index contributed by atoms with van der Waals surface area (Å²) in [5.41, 5.74) is 6.70. The normalized spacial score (nSPS) is 9.09. The topological polar surface area (TPSA) is 47.1 Å². The Bertz CT molecular complexity index is 55.7. The number of hydrogen-bond donors (Lipinski definition) is 0. The second kappa shape index (κ2) is 17.3. The molecule has 0 saturated heterocycles. The van der Waals surface area contributed by atoms with Crippen molar-refractivity contribution in [3.63, 3.8) is 0 Å². The maximum absolute atomic E-state index is 6.70. The molecule has 0 fully saturated rings. The maximum atomic E-state index is 6.70. The average Bonchev–Trinajstić information content (AvgIpc) is 2.00. The summed E-state index contributed by atoms with van der Waals surface area (Å²) in [5, 5.41) is 3.97. The van der Waals surface area contributed by atoms with Crippen molar-refractivity contribution < 1.29 is 21.2 Å². The standard InChI is InChI=1S/C5H12N2O.2ClH.Pt/c1-8-5-4-7-3-2-6;;;/h6H,2-5H2,1H3;2*1H;/q-2;;;+4/p-2. The fourth-order valence-corrected chi connectivity index (χ4v) is 0.347. The molecule has 0 aromatic heterocycles. The molecule has 0 aromatic rings. The van der Waals surface area contributed by atoms with E-state index in [0.717, 1.165) is 6.54 Å². The number of nitrogens with zero attached hydrogens (tertiary/aromatic N) is 1. The predicted octanol–water partition coefficient (Wildman–Crippen LogP) is 2.44. The Hall–Kier alpha value is 1.15. The molecule has 0 radical (unpaired) electrons. The molecule has 1 N–H and O–H groups in total. The van der Waals surface area contributed by atoms with Gasteiger partial charge in [0.1, 0.15) is 0 Å². The number of rotatable bonds is 5. The van der Waals surface area contributed by atoms with Crippen molar-refractivity contribution in [2.45, 2.75) is 0 Å². The average molecular weight is 382 g/mol. The van der Waals surface area contributed by atoms with Crippen LogP contribution in [-0.4, -0.2) is 33.4 Å². The van der Waals surface area contributed by atoms with Gasteiger partial charge in [0.2, 0.25) is 0 Å². The molecule has 0 unspecified atom stereocenters. The number of nitrogens with one attached hydrogen (secondary N) is 1. The fraction of sp³-hybridized carbons (Fsp3) is 1.00. The molecule has 3 nitrogen and oxygen atoms in total. The molecule has 0 saturated carbocycles. The quantitative estimate of drug-likeness (QED) is 0.674. The van der Waals surface area contributed by atoms with Gasteiger partial charge < -0.3 is 15.8 Å². The van der Waals surface area contributed by atoms with Gasteiger partial charge in [-0.15, -0.1) is 6.54 Å². The predicted molar refractivity (Wildman–Crippen MR) is 45.9 cm³/mol. The van der Waals surface area contributed by atoms with Crippen LogP contribution in [0.2, 0.25) is 0 Å². The summed E-state index contributed by atoms with van der Waals surface area (Å²) in [7, 11) is 11.4. The Kier molecular flexibility index (Phi) is 23.0. The first-order valence-electron chi connectivity index (χ1n) is 2.92. The molecular formula is C5H12Cl2N2OPt. The van der Waals surface area contributed by atoms with Crippen LogP contribution in [0.1, 0.15) is 0 Å². The van der Waals surface area contributed by atoms with Gasteiger partial charge in [-0.05, 0) is 0 Å². The third kappa shape index (κ3) is 24.7. The zero-order chi connectivity index (χ0) is 8.95. The molecule has 0 aliphatic carbocycles. The van der Waals surface area contributed by atoms with Crippen LogP contribution in [0.3, 0.4) is 0 Å². The van der Waals surface area contributed by atoms with Gasteiger partial charge in [0.15, 0.2) is 0 Å². The molecular weight excluding hydrogens is 370 g/mol. The minimum absolute atomic E-state index is 0.393. The van der Waals surface area contributed by atoms with Crippen LogP contribution in [0.15, 0.2) is 0 Å². The van der Waals surface area contributed by atoms with Crippen molar-refractivity contribution >= 4 is 18.8 Å². The van der Waals surface area contributed by atoms with E-state index >= 15 is 0 Å². The van der Waals surface area contributed by atoms with Crippen molar-refractivity contribution in [3.8, 4) is 0 Å². The van der Waals surface area contributed by atoms with Crippen LogP contribution in [0.4, 0.5) is 0 Å². The first-order chi connectivity index (χ1) is 5.33. The Morgan fingerprint density at radius 1 is 1.45 bits per heavy atom. The van der Waals surface area contributed by atoms with E-state index in [2.05, 4.69) is 5.32 Å². The van der Waals surface area contributed by atoms with Crippen molar-refractivity contribution in [3.05, 3.63) is 11.1 Å². The van der Waals surface area contributed by atoms with Gasteiger partial charge in [-0.3, -0.25) is 0 Å². The van der Waals surface area contributed by atoms with E-state index in [-0.39, 0.29) is 0 Å².